The smallest absolute Gasteiger partial charge is 0.326 e. The lowest BCUT2D eigenvalue weighted by Crippen LogP contribution is -2.60. The van der Waals surface area contributed by atoms with E-state index < -0.39 is 109 Å². The van der Waals surface area contributed by atoms with Gasteiger partial charge in [0.1, 0.15) is 47.8 Å². The maximum atomic E-state index is 14.1. The van der Waals surface area contributed by atoms with Crippen LogP contribution in [0.3, 0.4) is 0 Å². The van der Waals surface area contributed by atoms with Gasteiger partial charge < -0.3 is 63.4 Å². The highest BCUT2D eigenvalue weighted by Crippen LogP contribution is 2.14. The molecule has 3 aromatic carbocycles. The van der Waals surface area contributed by atoms with E-state index >= 15 is 0 Å². The molecule has 3 aromatic rings. The van der Waals surface area contributed by atoms with Crippen LogP contribution in [0.2, 0.25) is 0 Å². The fourth-order valence-electron chi connectivity index (χ4n) is 6.74. The van der Waals surface area contributed by atoms with Crippen LogP contribution < -0.4 is 43.0 Å². The number of benzene rings is 3. The summed E-state index contributed by atoms with van der Waals surface area (Å²) in [6.07, 6.45) is 0.690. The molecule has 7 amide bonds. The number of aliphatic carboxylic acids is 2. The SMILES string of the molecule is CSCC[C@H](NC(=O)[C@H](C)NC(=O)[C@H](Cc1ccc(O)cc1)NC(=O)[C@H](Cc1ccccc1)NC(=O)CNC(=O)[C@@H](N)CC(C)C)C(=O)N[C@@H](CC(=O)O)C(=O)N[C@@H](Cc1ccc(O)cc1)C(=O)O. The summed E-state index contributed by atoms with van der Waals surface area (Å²) in [6, 6.07) is 10.3. The van der Waals surface area contributed by atoms with Crippen LogP contribution in [-0.4, -0.2) is 135 Å². The van der Waals surface area contributed by atoms with E-state index in [1.165, 1.54) is 67.2 Å². The van der Waals surface area contributed by atoms with Crippen LogP contribution in [0.4, 0.5) is 0 Å². The number of hydrogen-bond acceptors (Lipinski definition) is 13. The zero-order chi connectivity index (χ0) is 51.2. The molecule has 0 bridgehead atoms. The minimum absolute atomic E-state index is 0.0259. The van der Waals surface area contributed by atoms with Crippen molar-refractivity contribution in [2.45, 2.75) is 102 Å². The van der Waals surface area contributed by atoms with Crippen molar-refractivity contribution in [2.75, 3.05) is 18.6 Å². The molecular formula is C47H62N8O13S. The molecule has 0 aliphatic rings. The van der Waals surface area contributed by atoms with Crippen molar-refractivity contribution < 1.29 is 63.6 Å². The molecule has 3 rings (SSSR count). The standard InChI is InChI=1S/C47H62N8O13S/c1-26(2)20-33(48)42(62)49-25-39(58)51-35(21-28-8-6-5-7-9-28)45(65)53-36(22-29-10-14-31(56)15-11-29)44(64)50-27(3)41(61)52-34(18-19-69-4)43(63)54-37(24-40(59)60)46(66)55-38(47(67)68)23-30-12-16-32(57)17-13-30/h5-17,26-27,33-38,56-57H,18-25,48H2,1-4H3,(H,49,62)(H,50,64)(H,51,58)(H,52,61)(H,53,65)(H,54,63)(H,55,66)(H,59,60)(H,67,68)/t27-,33-,34-,35-,36-,37-,38-/m0/s1. The van der Waals surface area contributed by atoms with Gasteiger partial charge in [-0.05, 0) is 78.6 Å². The van der Waals surface area contributed by atoms with Crippen molar-refractivity contribution in [3.8, 4) is 11.5 Å². The number of amides is 7. The third-order valence-electron chi connectivity index (χ3n) is 10.4. The Kier molecular flexibility index (Phi) is 22.9. The maximum Gasteiger partial charge on any atom is 0.326 e. The Hall–Kier alpha value is -7.20. The topological polar surface area (TPSA) is 345 Å². The predicted molar refractivity (Wildman–Crippen MR) is 254 cm³/mol. The summed E-state index contributed by atoms with van der Waals surface area (Å²) in [4.78, 5) is 118. The number of rotatable bonds is 28. The first kappa shape index (κ1) is 56.1. The van der Waals surface area contributed by atoms with Crippen LogP contribution in [0.25, 0.3) is 0 Å². The Balaban J connectivity index is 1.80. The van der Waals surface area contributed by atoms with E-state index in [9.17, 15) is 63.6 Å². The second kappa shape index (κ2) is 28.2. The summed E-state index contributed by atoms with van der Waals surface area (Å²) < 4.78 is 0. The van der Waals surface area contributed by atoms with Gasteiger partial charge in [0.15, 0.2) is 0 Å². The van der Waals surface area contributed by atoms with Crippen LogP contribution in [0.5, 0.6) is 11.5 Å². The van der Waals surface area contributed by atoms with Crippen LogP contribution >= 0.6 is 11.8 Å². The number of hydrogen-bond donors (Lipinski definition) is 12. The summed E-state index contributed by atoms with van der Waals surface area (Å²) in [5.41, 5.74) is 7.51. The van der Waals surface area contributed by atoms with Crippen molar-refractivity contribution in [2.24, 2.45) is 11.7 Å². The summed E-state index contributed by atoms with van der Waals surface area (Å²) in [6.45, 7) is 4.59. The van der Waals surface area contributed by atoms with E-state index in [1.807, 2.05) is 13.8 Å². The number of thioether (sulfide) groups is 1. The van der Waals surface area contributed by atoms with Crippen LogP contribution in [-0.2, 0) is 62.4 Å². The van der Waals surface area contributed by atoms with Crippen LogP contribution in [0, 0.1) is 5.92 Å². The molecule has 7 atom stereocenters. The van der Waals surface area contributed by atoms with Gasteiger partial charge >= 0.3 is 11.9 Å². The van der Waals surface area contributed by atoms with Crippen LogP contribution in [0.15, 0.2) is 78.9 Å². The number of phenols is 2. The highest BCUT2D eigenvalue weighted by atomic mass is 32.2. The average Bonchev–Trinajstić information content (AvgIpc) is 3.29. The number of nitrogens with one attached hydrogen (secondary N) is 7. The molecule has 0 heterocycles. The van der Waals surface area contributed by atoms with Crippen molar-refractivity contribution >= 4 is 65.1 Å². The van der Waals surface area contributed by atoms with Gasteiger partial charge in [-0.15, -0.1) is 0 Å². The monoisotopic (exact) mass is 978 g/mol. The molecule has 0 aliphatic carbocycles. The molecule has 22 heteroatoms. The lowest BCUT2D eigenvalue weighted by molar-refractivity contribution is -0.143. The quantitative estimate of drug-likeness (QED) is 0.0451. The van der Waals surface area contributed by atoms with Gasteiger partial charge in [-0.2, -0.15) is 11.8 Å². The van der Waals surface area contributed by atoms with Gasteiger partial charge in [-0.1, -0.05) is 68.4 Å². The fourth-order valence-corrected chi connectivity index (χ4v) is 7.22. The third kappa shape index (κ3) is 20.3. The van der Waals surface area contributed by atoms with Gasteiger partial charge in [0, 0.05) is 19.3 Å². The zero-order valence-electron chi connectivity index (χ0n) is 38.7. The normalized spacial score (nSPS) is 14.0. The fraction of sp³-hybridized carbons (Fsp3) is 0.426. The molecule has 0 saturated carbocycles. The summed E-state index contributed by atoms with van der Waals surface area (Å²) >= 11 is 1.31. The molecule has 0 radical (unpaired) electrons. The Morgan fingerprint density at radius 1 is 0.551 bits per heavy atom. The van der Waals surface area contributed by atoms with Crippen molar-refractivity contribution in [3.05, 3.63) is 95.6 Å². The summed E-state index contributed by atoms with van der Waals surface area (Å²) in [5.74, 6) is -8.62. The molecule has 21 nitrogen and oxygen atoms in total. The average molecular weight is 979 g/mol. The highest BCUT2D eigenvalue weighted by molar-refractivity contribution is 7.98. The van der Waals surface area contributed by atoms with Crippen molar-refractivity contribution in [1.82, 2.24) is 37.2 Å². The van der Waals surface area contributed by atoms with E-state index in [-0.39, 0.29) is 43.1 Å². The third-order valence-corrected chi connectivity index (χ3v) is 11.1. The molecule has 13 N–H and O–H groups in total. The van der Waals surface area contributed by atoms with Gasteiger partial charge in [0.05, 0.1) is 19.0 Å². The number of carboxylic acids is 2. The predicted octanol–water partition coefficient (Wildman–Crippen LogP) is -0.144. The van der Waals surface area contributed by atoms with E-state index in [4.69, 9.17) is 5.73 Å². The largest absolute Gasteiger partial charge is 0.508 e. The van der Waals surface area contributed by atoms with E-state index in [0.29, 0.717) is 28.9 Å². The second-order valence-corrected chi connectivity index (χ2v) is 17.7. The van der Waals surface area contributed by atoms with Gasteiger partial charge in [0.25, 0.3) is 0 Å². The first-order valence-electron chi connectivity index (χ1n) is 22.0. The number of carbonyl (C=O) groups excluding carboxylic acids is 7. The molecule has 0 unspecified atom stereocenters. The van der Waals surface area contributed by atoms with E-state index in [2.05, 4.69) is 37.2 Å². The van der Waals surface area contributed by atoms with E-state index in [1.54, 1.807) is 36.6 Å². The van der Waals surface area contributed by atoms with Gasteiger partial charge in [0.2, 0.25) is 41.4 Å². The van der Waals surface area contributed by atoms with Crippen molar-refractivity contribution in [1.29, 1.82) is 0 Å². The minimum atomic E-state index is -1.78. The molecule has 374 valence electrons. The second-order valence-electron chi connectivity index (χ2n) is 16.7. The van der Waals surface area contributed by atoms with Gasteiger partial charge in [-0.25, -0.2) is 4.79 Å². The summed E-state index contributed by atoms with van der Waals surface area (Å²) in [7, 11) is 0. The Morgan fingerprint density at radius 2 is 1.00 bits per heavy atom. The molecule has 0 spiro atoms. The Labute approximate surface area is 403 Å². The highest BCUT2D eigenvalue weighted by Gasteiger charge is 2.33. The zero-order valence-corrected chi connectivity index (χ0v) is 39.5. The number of carbonyl (C=O) groups is 9. The first-order chi connectivity index (χ1) is 32.6. The molecular weight excluding hydrogens is 917 g/mol. The van der Waals surface area contributed by atoms with E-state index in [0.717, 1.165) is 0 Å². The molecule has 0 aliphatic heterocycles. The Morgan fingerprint density at radius 3 is 1.52 bits per heavy atom. The molecule has 0 fully saturated rings. The number of nitrogens with two attached hydrogens (primary N) is 1. The minimum Gasteiger partial charge on any atom is -0.508 e. The number of phenolic OH excluding ortho intramolecular Hbond substituents is 2. The summed E-state index contributed by atoms with van der Waals surface area (Å²) in [5, 5.41) is 56.2. The lowest BCUT2D eigenvalue weighted by Gasteiger charge is -2.26. The van der Waals surface area contributed by atoms with Gasteiger partial charge in [-0.3, -0.25) is 38.4 Å². The number of carboxylic acid groups (broad SMARTS) is 2. The van der Waals surface area contributed by atoms with Crippen LogP contribution in [0.1, 0.15) is 56.7 Å². The maximum absolute atomic E-state index is 14.1. The Bertz CT molecular complexity index is 2230. The lowest BCUT2D eigenvalue weighted by atomic mass is 10.0. The van der Waals surface area contributed by atoms with Crippen molar-refractivity contribution in [3.63, 3.8) is 0 Å². The number of aromatic hydroxyl groups is 2. The molecule has 0 saturated heterocycles. The first-order valence-corrected chi connectivity index (χ1v) is 23.4. The molecule has 0 aromatic heterocycles. The molecule has 69 heavy (non-hydrogen) atoms.